The van der Waals surface area contributed by atoms with Crippen molar-refractivity contribution in [3.8, 4) is 0 Å². The molecule has 1 aliphatic heterocycles. The fraction of sp³-hybridized carbons (Fsp3) is 0.250. The van der Waals surface area contributed by atoms with E-state index in [4.69, 9.17) is 4.74 Å². The Hall–Kier alpha value is -2.35. The predicted molar refractivity (Wildman–Crippen MR) is 106 cm³/mol. The maximum Gasteiger partial charge on any atom is 0.240 e. The maximum absolute atomic E-state index is 12.5. The number of imidazole rings is 1. The zero-order chi connectivity index (χ0) is 18.6. The van der Waals surface area contributed by atoms with Gasteiger partial charge in [-0.3, -0.25) is 10.1 Å². The molecule has 0 bridgehead atoms. The van der Waals surface area contributed by atoms with Crippen LogP contribution in [0.3, 0.4) is 0 Å². The molecule has 0 aliphatic carbocycles. The Morgan fingerprint density at radius 2 is 2.15 bits per heavy atom. The number of rotatable bonds is 5. The molecule has 2 atom stereocenters. The molecule has 1 radical (unpaired) electrons. The number of aryl methyl sites for hydroxylation is 1. The molecular weight excluding hydrogens is 360 g/mol. The van der Waals surface area contributed by atoms with Crippen LogP contribution in [0.1, 0.15) is 11.1 Å². The van der Waals surface area contributed by atoms with Gasteiger partial charge in [0.1, 0.15) is 12.6 Å². The molecule has 1 aromatic heterocycles. The number of ether oxygens (including phenoxy) is 1. The summed E-state index contributed by atoms with van der Waals surface area (Å²) < 4.78 is 5.53. The van der Waals surface area contributed by atoms with Gasteiger partial charge < -0.3 is 15.0 Å². The Kier molecular flexibility index (Phi) is 5.42. The van der Waals surface area contributed by atoms with E-state index >= 15 is 0 Å². The summed E-state index contributed by atoms with van der Waals surface area (Å²) >= 11 is 1.66. The van der Waals surface area contributed by atoms with Gasteiger partial charge in [0, 0.05) is 11.4 Å². The van der Waals surface area contributed by atoms with Crippen molar-refractivity contribution < 1.29 is 9.53 Å². The van der Waals surface area contributed by atoms with E-state index in [2.05, 4.69) is 51.8 Å². The van der Waals surface area contributed by atoms with Crippen LogP contribution in [0.5, 0.6) is 0 Å². The highest BCUT2D eigenvalue weighted by Crippen LogP contribution is 2.25. The Bertz CT molecular complexity index is 925. The number of aromatic nitrogens is 2. The van der Waals surface area contributed by atoms with Crippen LogP contribution in [0.2, 0.25) is 0 Å². The highest BCUT2D eigenvalue weighted by Gasteiger charge is 2.28. The fourth-order valence-electron chi connectivity index (χ4n) is 2.91. The third-order valence-electron chi connectivity index (χ3n) is 4.38. The minimum Gasteiger partial charge on any atom is -0.371 e. The third-order valence-corrected chi connectivity index (χ3v) is 5.48. The van der Waals surface area contributed by atoms with E-state index in [1.165, 1.54) is 5.56 Å². The predicted octanol–water partition coefficient (Wildman–Crippen LogP) is 2.76. The van der Waals surface area contributed by atoms with Gasteiger partial charge in [0.05, 0.1) is 29.3 Å². The SMILES string of the molecule is Cc1ccc(SC2CO[CH][C@H](C(=O)NCc3ccc4nc[nH]c4c3)N2)cc1. The number of benzene rings is 2. The van der Waals surface area contributed by atoms with E-state index in [1.807, 2.05) is 18.2 Å². The van der Waals surface area contributed by atoms with Gasteiger partial charge in [-0.15, -0.1) is 11.8 Å². The van der Waals surface area contributed by atoms with Crippen molar-refractivity contribution in [2.45, 2.75) is 29.8 Å². The molecule has 1 saturated heterocycles. The number of fused-ring (bicyclic) bond motifs is 1. The molecule has 1 fully saturated rings. The van der Waals surface area contributed by atoms with E-state index in [-0.39, 0.29) is 11.3 Å². The molecule has 0 saturated carbocycles. The quantitative estimate of drug-likeness (QED) is 0.633. The number of morpholine rings is 1. The first-order chi connectivity index (χ1) is 13.2. The van der Waals surface area contributed by atoms with Gasteiger partial charge in [-0.2, -0.15) is 0 Å². The number of hydrogen-bond donors (Lipinski definition) is 3. The first kappa shape index (κ1) is 18.0. The largest absolute Gasteiger partial charge is 0.371 e. The molecule has 2 aromatic carbocycles. The lowest BCUT2D eigenvalue weighted by molar-refractivity contribution is -0.124. The van der Waals surface area contributed by atoms with Gasteiger partial charge in [0.15, 0.2) is 0 Å². The van der Waals surface area contributed by atoms with Crippen LogP contribution in [0.15, 0.2) is 53.7 Å². The van der Waals surface area contributed by atoms with Crippen molar-refractivity contribution in [2.75, 3.05) is 6.61 Å². The van der Waals surface area contributed by atoms with Crippen molar-refractivity contribution in [3.63, 3.8) is 0 Å². The maximum atomic E-state index is 12.5. The third kappa shape index (κ3) is 4.50. The van der Waals surface area contributed by atoms with E-state index < -0.39 is 6.04 Å². The summed E-state index contributed by atoms with van der Waals surface area (Å²) in [6.45, 7) is 4.61. The molecule has 3 N–H and O–H groups in total. The monoisotopic (exact) mass is 381 g/mol. The first-order valence-electron chi connectivity index (χ1n) is 8.81. The lowest BCUT2D eigenvalue weighted by atomic mass is 10.2. The number of amides is 1. The van der Waals surface area contributed by atoms with Crippen LogP contribution >= 0.6 is 11.8 Å². The van der Waals surface area contributed by atoms with Gasteiger partial charge >= 0.3 is 0 Å². The van der Waals surface area contributed by atoms with Gasteiger partial charge in [-0.05, 0) is 36.8 Å². The number of thioether (sulfide) groups is 1. The molecular formula is C20H21N4O2S. The molecule has 2 heterocycles. The standard InChI is InChI=1S/C20H21N4O2S/c1-13-2-5-15(6-3-13)27-19-11-26-10-18(24-19)20(25)21-9-14-4-7-16-17(8-14)23-12-22-16/h2-8,10,12,18-19,24H,9,11H2,1H3,(H,21,25)(H,22,23)/t18-,19?/m1/s1. The van der Waals surface area contributed by atoms with Crippen molar-refractivity contribution in [3.05, 3.63) is 66.5 Å². The molecule has 139 valence electrons. The van der Waals surface area contributed by atoms with Crippen LogP contribution in [0.25, 0.3) is 11.0 Å². The van der Waals surface area contributed by atoms with Crippen molar-refractivity contribution >= 4 is 28.7 Å². The summed E-state index contributed by atoms with van der Waals surface area (Å²) in [6.07, 6.45) is 1.66. The highest BCUT2D eigenvalue weighted by atomic mass is 32.2. The Morgan fingerprint density at radius 1 is 1.30 bits per heavy atom. The summed E-state index contributed by atoms with van der Waals surface area (Å²) in [4.78, 5) is 20.9. The Labute approximate surface area is 162 Å². The second kappa shape index (κ2) is 8.12. The Balaban J connectivity index is 1.31. The van der Waals surface area contributed by atoms with Crippen LogP contribution in [-0.2, 0) is 16.1 Å². The fourth-order valence-corrected chi connectivity index (χ4v) is 3.89. The molecule has 1 unspecified atom stereocenters. The van der Waals surface area contributed by atoms with E-state index in [0.29, 0.717) is 13.2 Å². The lowest BCUT2D eigenvalue weighted by Gasteiger charge is -2.29. The molecule has 3 aromatic rings. The molecule has 4 rings (SSSR count). The number of nitrogens with one attached hydrogen (secondary N) is 3. The molecule has 7 heteroatoms. The summed E-state index contributed by atoms with van der Waals surface area (Å²) in [5.41, 5.74) is 4.12. The minimum absolute atomic E-state index is 0.0230. The number of aromatic amines is 1. The van der Waals surface area contributed by atoms with Crippen LogP contribution in [-0.4, -0.2) is 33.9 Å². The normalized spacial score (nSPS) is 19.9. The smallest absolute Gasteiger partial charge is 0.240 e. The Morgan fingerprint density at radius 3 is 3.00 bits per heavy atom. The zero-order valence-corrected chi connectivity index (χ0v) is 15.8. The molecule has 1 aliphatic rings. The summed E-state index contributed by atoms with van der Waals surface area (Å²) in [6, 6.07) is 13.8. The van der Waals surface area contributed by atoms with Gasteiger partial charge in [-0.1, -0.05) is 23.8 Å². The number of H-pyrrole nitrogens is 1. The molecule has 27 heavy (non-hydrogen) atoms. The zero-order valence-electron chi connectivity index (χ0n) is 14.9. The van der Waals surface area contributed by atoms with Gasteiger partial charge in [0.25, 0.3) is 0 Å². The minimum atomic E-state index is -0.474. The summed E-state index contributed by atoms with van der Waals surface area (Å²) in [5.74, 6) is -0.103. The number of hydrogen-bond acceptors (Lipinski definition) is 5. The second-order valence-electron chi connectivity index (χ2n) is 6.51. The van der Waals surface area contributed by atoms with Crippen molar-refractivity contribution in [1.29, 1.82) is 0 Å². The molecule has 1 amide bonds. The highest BCUT2D eigenvalue weighted by molar-refractivity contribution is 8.00. The first-order valence-corrected chi connectivity index (χ1v) is 9.69. The molecule has 6 nitrogen and oxygen atoms in total. The van der Waals surface area contributed by atoms with Crippen molar-refractivity contribution in [1.82, 2.24) is 20.6 Å². The second-order valence-corrected chi connectivity index (χ2v) is 7.78. The number of nitrogens with zero attached hydrogens (tertiary/aromatic N) is 1. The van der Waals surface area contributed by atoms with E-state index in [9.17, 15) is 4.79 Å². The molecule has 0 spiro atoms. The van der Waals surface area contributed by atoms with E-state index in [1.54, 1.807) is 24.7 Å². The topological polar surface area (TPSA) is 79.0 Å². The number of carbonyl (C=O) groups excluding carboxylic acids is 1. The summed E-state index contributed by atoms with van der Waals surface area (Å²) in [5, 5.41) is 6.32. The number of carbonyl (C=O) groups is 1. The average molecular weight is 381 g/mol. The van der Waals surface area contributed by atoms with Crippen LogP contribution in [0.4, 0.5) is 0 Å². The van der Waals surface area contributed by atoms with Crippen LogP contribution in [0, 0.1) is 13.5 Å². The van der Waals surface area contributed by atoms with Gasteiger partial charge in [0.2, 0.25) is 5.91 Å². The van der Waals surface area contributed by atoms with Gasteiger partial charge in [-0.25, -0.2) is 4.98 Å². The lowest BCUT2D eigenvalue weighted by Crippen LogP contribution is -2.52. The van der Waals surface area contributed by atoms with Crippen molar-refractivity contribution in [2.24, 2.45) is 0 Å². The average Bonchev–Trinajstić information content (AvgIpc) is 3.16. The van der Waals surface area contributed by atoms with E-state index in [0.717, 1.165) is 21.5 Å². The van der Waals surface area contributed by atoms with Crippen LogP contribution < -0.4 is 10.6 Å². The summed E-state index contributed by atoms with van der Waals surface area (Å²) in [7, 11) is 0.